The maximum absolute atomic E-state index is 6.09. The lowest BCUT2D eigenvalue weighted by molar-refractivity contribution is 0.306. The van der Waals surface area contributed by atoms with Crippen molar-refractivity contribution in [1.82, 2.24) is 9.97 Å². The standard InChI is InChI=1S/C26H20ClN3OS/c1-17-23(19-7-9-20(27)10-8-19)24-25(28-16-29-26(24)32-17)30-21-11-13-22(14-12-21)31-15-18-5-3-2-4-6-18/h2-14,16H,15H2,1H3,(H,28,29,30). The number of hydrogen-bond acceptors (Lipinski definition) is 5. The topological polar surface area (TPSA) is 47.0 Å². The van der Waals surface area contributed by atoms with E-state index in [2.05, 4.69) is 34.3 Å². The SMILES string of the molecule is Cc1sc2ncnc(Nc3ccc(OCc4ccccc4)cc3)c2c1-c1ccc(Cl)cc1. The molecule has 0 bridgehead atoms. The Morgan fingerprint density at radius 3 is 2.41 bits per heavy atom. The van der Waals surface area contributed by atoms with Crippen molar-refractivity contribution in [2.24, 2.45) is 0 Å². The summed E-state index contributed by atoms with van der Waals surface area (Å²) in [6.07, 6.45) is 1.60. The molecule has 158 valence electrons. The third-order valence-corrected chi connectivity index (χ3v) is 6.43. The van der Waals surface area contributed by atoms with Gasteiger partial charge in [0.1, 0.15) is 29.3 Å². The summed E-state index contributed by atoms with van der Waals surface area (Å²) in [5.41, 5.74) is 4.30. The van der Waals surface area contributed by atoms with Crippen molar-refractivity contribution in [3.8, 4) is 16.9 Å². The highest BCUT2D eigenvalue weighted by Crippen LogP contribution is 2.41. The molecule has 0 amide bonds. The van der Waals surface area contributed by atoms with Gasteiger partial charge in [-0.05, 0) is 54.4 Å². The van der Waals surface area contributed by atoms with Crippen molar-refractivity contribution in [3.05, 3.63) is 101 Å². The number of aromatic nitrogens is 2. The second-order valence-electron chi connectivity index (χ2n) is 7.37. The molecule has 6 heteroatoms. The van der Waals surface area contributed by atoms with Crippen LogP contribution >= 0.6 is 22.9 Å². The summed E-state index contributed by atoms with van der Waals surface area (Å²) in [6, 6.07) is 25.9. The fourth-order valence-electron chi connectivity index (χ4n) is 3.62. The summed E-state index contributed by atoms with van der Waals surface area (Å²) in [5.74, 6) is 1.60. The maximum atomic E-state index is 6.09. The van der Waals surface area contributed by atoms with Crippen LogP contribution in [0.4, 0.5) is 11.5 Å². The molecule has 5 aromatic rings. The zero-order chi connectivity index (χ0) is 21.9. The van der Waals surface area contributed by atoms with Gasteiger partial charge in [-0.15, -0.1) is 11.3 Å². The number of hydrogen-bond donors (Lipinski definition) is 1. The molecule has 0 aliphatic rings. The van der Waals surface area contributed by atoms with Crippen LogP contribution in [0.5, 0.6) is 5.75 Å². The van der Waals surface area contributed by atoms with Crippen LogP contribution in [0, 0.1) is 6.92 Å². The third-order valence-electron chi connectivity index (χ3n) is 5.16. The number of thiophene rings is 1. The first kappa shape index (κ1) is 20.5. The van der Waals surface area contributed by atoms with Crippen LogP contribution < -0.4 is 10.1 Å². The van der Waals surface area contributed by atoms with E-state index in [1.54, 1.807) is 17.7 Å². The molecule has 0 saturated heterocycles. The number of aryl methyl sites for hydroxylation is 1. The Morgan fingerprint density at radius 1 is 0.906 bits per heavy atom. The molecule has 0 aliphatic heterocycles. The van der Waals surface area contributed by atoms with E-state index in [4.69, 9.17) is 16.3 Å². The van der Waals surface area contributed by atoms with Crippen molar-refractivity contribution in [1.29, 1.82) is 0 Å². The van der Waals surface area contributed by atoms with Gasteiger partial charge in [-0.3, -0.25) is 0 Å². The summed E-state index contributed by atoms with van der Waals surface area (Å²) < 4.78 is 5.89. The number of benzene rings is 3. The minimum absolute atomic E-state index is 0.540. The summed E-state index contributed by atoms with van der Waals surface area (Å²) in [4.78, 5) is 11.2. The molecule has 1 N–H and O–H groups in total. The maximum Gasteiger partial charge on any atom is 0.143 e. The normalized spacial score (nSPS) is 10.9. The molecule has 5 rings (SSSR count). The van der Waals surface area contributed by atoms with Crippen LogP contribution in [-0.4, -0.2) is 9.97 Å². The molecule has 0 saturated carbocycles. The fourth-order valence-corrected chi connectivity index (χ4v) is 4.75. The summed E-state index contributed by atoms with van der Waals surface area (Å²) in [6.45, 7) is 2.65. The lowest BCUT2D eigenvalue weighted by atomic mass is 10.0. The second-order valence-corrected chi connectivity index (χ2v) is 9.01. The van der Waals surface area contributed by atoms with Crippen molar-refractivity contribution in [3.63, 3.8) is 0 Å². The third kappa shape index (κ3) is 4.31. The second kappa shape index (κ2) is 8.99. The zero-order valence-corrected chi connectivity index (χ0v) is 19.0. The first-order chi connectivity index (χ1) is 15.7. The highest BCUT2D eigenvalue weighted by Gasteiger charge is 2.17. The van der Waals surface area contributed by atoms with Gasteiger partial charge in [-0.2, -0.15) is 0 Å². The molecule has 0 atom stereocenters. The largest absolute Gasteiger partial charge is 0.489 e. The number of ether oxygens (including phenoxy) is 1. The lowest BCUT2D eigenvalue weighted by Crippen LogP contribution is -1.97. The number of rotatable bonds is 6. The van der Waals surface area contributed by atoms with Gasteiger partial charge in [0.15, 0.2) is 0 Å². The van der Waals surface area contributed by atoms with Gasteiger partial charge in [0.25, 0.3) is 0 Å². The number of anilines is 2. The van der Waals surface area contributed by atoms with E-state index in [1.807, 2.05) is 66.7 Å². The molecular formula is C26H20ClN3OS. The van der Waals surface area contributed by atoms with E-state index in [9.17, 15) is 0 Å². The Bertz CT molecular complexity index is 1350. The van der Waals surface area contributed by atoms with Crippen molar-refractivity contribution >= 4 is 44.7 Å². The average molecular weight is 458 g/mol. The van der Waals surface area contributed by atoms with Gasteiger partial charge in [-0.25, -0.2) is 9.97 Å². The molecule has 0 aliphatic carbocycles. The van der Waals surface area contributed by atoms with Crippen LogP contribution in [0.25, 0.3) is 21.3 Å². The predicted octanol–water partition coefficient (Wildman–Crippen LogP) is 7.64. The Kier molecular flexibility index (Phi) is 5.75. The number of nitrogens with zero attached hydrogens (tertiary/aromatic N) is 2. The molecule has 0 spiro atoms. The Balaban J connectivity index is 1.41. The van der Waals surface area contributed by atoms with E-state index in [0.29, 0.717) is 6.61 Å². The van der Waals surface area contributed by atoms with Crippen LogP contribution in [0.1, 0.15) is 10.4 Å². The molecule has 2 heterocycles. The molecule has 0 radical (unpaired) electrons. The summed E-state index contributed by atoms with van der Waals surface area (Å²) >= 11 is 7.76. The van der Waals surface area contributed by atoms with E-state index < -0.39 is 0 Å². The van der Waals surface area contributed by atoms with Gasteiger partial charge in [0, 0.05) is 21.2 Å². The highest BCUT2D eigenvalue weighted by molar-refractivity contribution is 7.19. The van der Waals surface area contributed by atoms with Gasteiger partial charge in [0.05, 0.1) is 5.39 Å². The molecule has 4 nitrogen and oxygen atoms in total. The minimum atomic E-state index is 0.540. The monoisotopic (exact) mass is 457 g/mol. The van der Waals surface area contributed by atoms with Crippen LogP contribution in [0.3, 0.4) is 0 Å². The highest BCUT2D eigenvalue weighted by atomic mass is 35.5. The Hall–Kier alpha value is -3.41. The molecule has 32 heavy (non-hydrogen) atoms. The Morgan fingerprint density at radius 2 is 1.66 bits per heavy atom. The van der Waals surface area contributed by atoms with E-state index in [0.717, 1.165) is 49.2 Å². The smallest absolute Gasteiger partial charge is 0.143 e. The van der Waals surface area contributed by atoms with Gasteiger partial charge < -0.3 is 10.1 Å². The quantitative estimate of drug-likeness (QED) is 0.284. The molecule has 0 unspecified atom stereocenters. The number of fused-ring (bicyclic) bond motifs is 1. The Labute approximate surface area is 195 Å². The zero-order valence-electron chi connectivity index (χ0n) is 17.4. The lowest BCUT2D eigenvalue weighted by Gasteiger charge is -2.11. The molecule has 0 fully saturated rings. The summed E-state index contributed by atoms with van der Waals surface area (Å²) in [5, 5.41) is 5.19. The first-order valence-electron chi connectivity index (χ1n) is 10.2. The van der Waals surface area contributed by atoms with Crippen LogP contribution in [0.2, 0.25) is 5.02 Å². The van der Waals surface area contributed by atoms with Gasteiger partial charge in [-0.1, -0.05) is 54.1 Å². The average Bonchev–Trinajstić information content (AvgIpc) is 3.17. The molecule has 2 aromatic heterocycles. The van der Waals surface area contributed by atoms with Gasteiger partial charge in [0.2, 0.25) is 0 Å². The first-order valence-corrected chi connectivity index (χ1v) is 11.4. The molecule has 3 aromatic carbocycles. The summed E-state index contributed by atoms with van der Waals surface area (Å²) in [7, 11) is 0. The van der Waals surface area contributed by atoms with Crippen LogP contribution in [0.15, 0.2) is 85.2 Å². The fraction of sp³-hybridized carbons (Fsp3) is 0.0769. The van der Waals surface area contributed by atoms with Crippen molar-refractivity contribution < 1.29 is 4.74 Å². The van der Waals surface area contributed by atoms with E-state index >= 15 is 0 Å². The van der Waals surface area contributed by atoms with E-state index in [1.165, 1.54) is 4.88 Å². The van der Waals surface area contributed by atoms with Crippen molar-refractivity contribution in [2.75, 3.05) is 5.32 Å². The van der Waals surface area contributed by atoms with Crippen molar-refractivity contribution in [2.45, 2.75) is 13.5 Å². The molecular weight excluding hydrogens is 438 g/mol. The van der Waals surface area contributed by atoms with E-state index in [-0.39, 0.29) is 0 Å². The van der Waals surface area contributed by atoms with Gasteiger partial charge >= 0.3 is 0 Å². The van der Waals surface area contributed by atoms with Crippen LogP contribution in [-0.2, 0) is 6.61 Å². The minimum Gasteiger partial charge on any atom is -0.489 e. The number of nitrogens with one attached hydrogen (secondary N) is 1. The predicted molar refractivity (Wildman–Crippen MR) is 133 cm³/mol. The number of halogens is 1.